The summed E-state index contributed by atoms with van der Waals surface area (Å²) in [5, 5.41) is 2.34. The Bertz CT molecular complexity index is 3390. The van der Waals surface area contributed by atoms with Crippen molar-refractivity contribution in [3.05, 3.63) is 199 Å². The quantitative estimate of drug-likeness (QED) is 0.113. The van der Waals surface area contributed by atoms with Crippen LogP contribution in [0.1, 0.15) is 79.0 Å². The summed E-state index contributed by atoms with van der Waals surface area (Å²) >= 11 is 0. The summed E-state index contributed by atoms with van der Waals surface area (Å²) in [7, 11) is 0. The lowest BCUT2D eigenvalue weighted by molar-refractivity contribution is -0.571. The molecule has 0 amide bonds. The van der Waals surface area contributed by atoms with E-state index < -0.39 is 0 Å². The van der Waals surface area contributed by atoms with E-state index in [9.17, 15) is 0 Å². The first-order valence-electron chi connectivity index (χ1n) is 23.2. The Labute approximate surface area is 389 Å². The first kappa shape index (κ1) is 42.7. The van der Waals surface area contributed by atoms with Crippen molar-refractivity contribution in [1.29, 1.82) is 0 Å². The fraction of sp³-hybridized carbons (Fsp3) is 0.213. The molecule has 328 valence electrons. The molecule has 0 saturated carbocycles. The van der Waals surface area contributed by atoms with Gasteiger partial charge in [0, 0.05) is 23.0 Å². The molecule has 66 heavy (non-hydrogen) atoms. The van der Waals surface area contributed by atoms with Crippen LogP contribution in [-0.2, 0) is 17.3 Å². The highest BCUT2D eigenvalue weighted by Gasteiger charge is 2.25. The van der Waals surface area contributed by atoms with Gasteiger partial charge in [-0.25, -0.2) is 4.98 Å². The zero-order valence-electron chi connectivity index (χ0n) is 39.6. The van der Waals surface area contributed by atoms with E-state index in [-0.39, 0.29) is 16.2 Å². The van der Waals surface area contributed by atoms with Crippen LogP contribution >= 0.6 is 0 Å². The molecule has 5 heteroatoms. The fourth-order valence-corrected chi connectivity index (χ4v) is 9.32. The number of para-hydroxylation sites is 4. The number of hydrogen-bond acceptors (Lipinski definition) is 2. The predicted molar refractivity (Wildman–Crippen MR) is 274 cm³/mol. The van der Waals surface area contributed by atoms with Gasteiger partial charge in [-0.05, 0) is 110 Å². The summed E-state index contributed by atoms with van der Waals surface area (Å²) < 4.78 is 13.5. The Morgan fingerprint density at radius 3 is 1.89 bits per heavy atom. The van der Waals surface area contributed by atoms with Crippen molar-refractivity contribution in [2.75, 3.05) is 0 Å². The second-order valence-electron chi connectivity index (χ2n) is 21.0. The van der Waals surface area contributed by atoms with E-state index >= 15 is 0 Å². The summed E-state index contributed by atoms with van der Waals surface area (Å²) in [5.41, 5.74) is 14.9. The minimum atomic E-state index is -0.0329. The molecule has 0 N–H and O–H groups in total. The lowest BCUT2D eigenvalue weighted by Crippen LogP contribution is -2.31. The Balaban J connectivity index is 1.10. The molecule has 0 unspecified atom stereocenters. The van der Waals surface area contributed by atoms with Crippen LogP contribution in [0.2, 0.25) is 0 Å². The number of nitrogens with zero attached hydrogens (tertiary/aromatic N) is 4. The largest absolute Gasteiger partial charge is 0.458 e. The maximum atomic E-state index is 6.79. The van der Waals surface area contributed by atoms with Gasteiger partial charge in [0.15, 0.2) is 0 Å². The number of imidazole rings is 1. The summed E-state index contributed by atoms with van der Waals surface area (Å²) in [6.45, 7) is 20.6. The van der Waals surface area contributed by atoms with Crippen LogP contribution in [0.25, 0.3) is 72.3 Å². The van der Waals surface area contributed by atoms with Gasteiger partial charge in [0.05, 0.1) is 33.4 Å². The molecule has 3 aromatic heterocycles. The molecule has 0 bridgehead atoms. The smallest absolute Gasteiger partial charge is 0.269 e. The summed E-state index contributed by atoms with van der Waals surface area (Å²) in [4.78, 5) is 4.91. The van der Waals surface area contributed by atoms with Gasteiger partial charge in [-0.3, -0.25) is 13.7 Å². The van der Waals surface area contributed by atoms with E-state index in [4.69, 9.17) is 9.72 Å². The van der Waals surface area contributed by atoms with Gasteiger partial charge >= 0.3 is 0 Å². The molecule has 10 aromatic rings. The molecule has 0 saturated heterocycles. The topological polar surface area (TPSA) is 35.9 Å². The molecular weight excluding hydrogens is 805 g/mol. The van der Waals surface area contributed by atoms with E-state index in [0.29, 0.717) is 0 Å². The molecule has 10 rings (SSSR count). The highest BCUT2D eigenvalue weighted by Crippen LogP contribution is 2.40. The van der Waals surface area contributed by atoms with Crippen molar-refractivity contribution in [3.8, 4) is 50.9 Å². The van der Waals surface area contributed by atoms with Gasteiger partial charge in [-0.1, -0.05) is 178 Å². The van der Waals surface area contributed by atoms with E-state index in [1.165, 1.54) is 27.6 Å². The Morgan fingerprint density at radius 1 is 0.530 bits per heavy atom. The maximum Gasteiger partial charge on any atom is 0.269 e. The zero-order chi connectivity index (χ0) is 46.0. The predicted octanol–water partition coefficient (Wildman–Crippen LogP) is 15.5. The Kier molecular flexibility index (Phi) is 10.6. The third-order valence-electron chi connectivity index (χ3n) is 12.6. The minimum Gasteiger partial charge on any atom is -0.458 e. The van der Waals surface area contributed by atoms with Crippen molar-refractivity contribution in [3.63, 3.8) is 0 Å². The summed E-state index contributed by atoms with van der Waals surface area (Å²) in [5.74, 6) is 2.38. The molecule has 0 aliphatic heterocycles. The van der Waals surface area contributed by atoms with Crippen LogP contribution in [-0.4, -0.2) is 14.1 Å². The Morgan fingerprint density at radius 2 is 1.17 bits per heavy atom. The summed E-state index contributed by atoms with van der Waals surface area (Å²) in [6.07, 6.45) is 6.77. The molecule has 3 heterocycles. The molecule has 0 aliphatic carbocycles. The molecule has 0 spiro atoms. The van der Waals surface area contributed by atoms with Crippen molar-refractivity contribution < 1.29 is 9.30 Å². The molecule has 5 nitrogen and oxygen atoms in total. The van der Waals surface area contributed by atoms with Gasteiger partial charge < -0.3 is 4.74 Å². The number of aromatic nitrogens is 4. The highest BCUT2D eigenvalue weighted by molar-refractivity contribution is 6.09. The molecular formula is C61H58N4O. The molecule has 0 aliphatic rings. The van der Waals surface area contributed by atoms with E-state index in [1.54, 1.807) is 0 Å². The van der Waals surface area contributed by atoms with E-state index in [1.807, 2.05) is 12.3 Å². The van der Waals surface area contributed by atoms with Gasteiger partial charge in [-0.15, -0.1) is 0 Å². The number of pyridine rings is 1. The number of hydrogen-bond donors (Lipinski definition) is 0. The second kappa shape index (κ2) is 16.3. The second-order valence-corrected chi connectivity index (χ2v) is 21.0. The zero-order valence-corrected chi connectivity index (χ0v) is 39.6. The van der Waals surface area contributed by atoms with Crippen LogP contribution in [0.4, 0.5) is 0 Å². The van der Waals surface area contributed by atoms with Crippen molar-refractivity contribution >= 4 is 32.8 Å². The maximum absolute atomic E-state index is 6.79. The van der Waals surface area contributed by atoms with Gasteiger partial charge in [0.2, 0.25) is 0 Å². The monoisotopic (exact) mass is 862 g/mol. The number of benzene rings is 7. The minimum absolute atomic E-state index is 0.0329. The molecule has 0 radical (unpaired) electrons. The first-order valence-corrected chi connectivity index (χ1v) is 23.2. The molecule has 0 atom stereocenters. The van der Waals surface area contributed by atoms with Gasteiger partial charge in [-0.2, -0.15) is 0 Å². The lowest BCUT2D eigenvalue weighted by atomic mass is 9.78. The third kappa shape index (κ3) is 8.19. The van der Waals surface area contributed by atoms with Crippen LogP contribution in [0.15, 0.2) is 176 Å². The summed E-state index contributed by atoms with van der Waals surface area (Å²) in [6, 6.07) is 60.8. The van der Waals surface area contributed by atoms with Crippen molar-refractivity contribution in [1.82, 2.24) is 14.1 Å². The van der Waals surface area contributed by atoms with Crippen LogP contribution in [0.5, 0.6) is 11.5 Å². The van der Waals surface area contributed by atoms with E-state index in [0.717, 1.165) is 79.3 Å². The molecule has 7 aromatic carbocycles. The third-order valence-corrected chi connectivity index (χ3v) is 12.6. The first-order chi connectivity index (χ1) is 31.6. The van der Waals surface area contributed by atoms with Crippen molar-refractivity contribution in [2.24, 2.45) is 5.41 Å². The van der Waals surface area contributed by atoms with Gasteiger partial charge in [0.25, 0.3) is 6.33 Å². The SMILES string of the molecule is CC(C)(C)Cc1ccnc(-n2c3ccccc3c3ccc(Oc4cccc(-n5[c-][n+](-c6c(-c7ccccc7)cccc6-c6cc(C(C)(C)C)cc(C(C)(C)C)c6)c6ccccc65)c4)cc32)c1. The van der Waals surface area contributed by atoms with Gasteiger partial charge in [0.1, 0.15) is 17.3 Å². The number of ether oxygens (including phenoxy) is 1. The highest BCUT2D eigenvalue weighted by atomic mass is 16.5. The average molecular weight is 863 g/mol. The van der Waals surface area contributed by atoms with Crippen molar-refractivity contribution in [2.45, 2.75) is 79.6 Å². The standard InChI is InChI=1S/C61H58N4O/c1-59(2,3)39-41-31-32-62-57(33-41)65-53-26-14-13-23-51(53)52-30-29-48(38-56(52)65)66-47-22-17-21-46(37-47)63-40-64(55-28-16-15-27-54(55)63)58-49(42-19-11-10-12-20-42)24-18-25-50(58)43-34-44(60(4,5)6)36-45(35-43)61(7,8)9/h10-38H,39H2,1-9H3. The molecule has 0 fully saturated rings. The van der Waals surface area contributed by atoms with Crippen LogP contribution in [0, 0.1) is 11.7 Å². The van der Waals surface area contributed by atoms with Crippen LogP contribution < -0.4 is 9.30 Å². The lowest BCUT2D eigenvalue weighted by Gasteiger charge is -2.27. The number of fused-ring (bicyclic) bond motifs is 4. The van der Waals surface area contributed by atoms with Crippen LogP contribution in [0.3, 0.4) is 0 Å². The number of rotatable bonds is 8. The average Bonchev–Trinajstić information content (AvgIpc) is 3.84. The van der Waals surface area contributed by atoms with E-state index in [2.05, 4.69) is 246 Å². The fourth-order valence-electron chi connectivity index (χ4n) is 9.32. The normalized spacial score (nSPS) is 12.4. The Hall–Kier alpha value is -7.24.